The lowest BCUT2D eigenvalue weighted by molar-refractivity contribution is -0.116. The first kappa shape index (κ1) is 16.6. The number of hydrogen-bond acceptors (Lipinski definition) is 2. The minimum absolute atomic E-state index is 0.0267. The number of anilines is 1. The highest BCUT2D eigenvalue weighted by Crippen LogP contribution is 2.21. The van der Waals surface area contributed by atoms with Gasteiger partial charge in [0.05, 0.1) is 5.69 Å². The third kappa shape index (κ3) is 5.58. The highest BCUT2D eigenvalue weighted by molar-refractivity contribution is 9.10. The van der Waals surface area contributed by atoms with Crippen molar-refractivity contribution < 1.29 is 9.18 Å². The van der Waals surface area contributed by atoms with Crippen molar-refractivity contribution in [3.63, 3.8) is 0 Å². The largest absolute Gasteiger partial charge is 0.325 e. The molecule has 2 aromatic carbocycles. The summed E-state index contributed by atoms with van der Waals surface area (Å²) in [5, 5.41) is 6.07. The number of rotatable bonds is 7. The molecule has 0 saturated heterocycles. The molecule has 2 N–H and O–H groups in total. The molecule has 0 saturated carbocycles. The Labute approximate surface area is 138 Å². The third-order valence-electron chi connectivity index (χ3n) is 3.18. The van der Waals surface area contributed by atoms with Crippen LogP contribution in [-0.2, 0) is 11.2 Å². The summed E-state index contributed by atoms with van der Waals surface area (Å²) < 4.78 is 13.6. The summed E-state index contributed by atoms with van der Waals surface area (Å²) in [4.78, 5) is 11.8. The number of carbonyl (C=O) groups excluding carboxylic acids is 1. The normalized spacial score (nSPS) is 10.5. The molecule has 116 valence electrons. The van der Waals surface area contributed by atoms with Gasteiger partial charge in [-0.3, -0.25) is 4.79 Å². The van der Waals surface area contributed by atoms with E-state index >= 15 is 0 Å². The SMILES string of the molecule is O=C(CCNCCc1ccc(F)cc1)Nc1ccccc1Br. The van der Waals surface area contributed by atoms with Gasteiger partial charge in [-0.15, -0.1) is 0 Å². The standard InChI is InChI=1S/C17H18BrFN2O/c18-15-3-1-2-4-16(15)21-17(22)10-12-20-11-9-13-5-7-14(19)8-6-13/h1-8,20H,9-12H2,(H,21,22). The molecule has 0 aliphatic carbocycles. The van der Waals surface area contributed by atoms with Gasteiger partial charge in [-0.25, -0.2) is 4.39 Å². The van der Waals surface area contributed by atoms with Crippen molar-refractivity contribution >= 4 is 27.5 Å². The second-order valence-corrected chi connectivity index (χ2v) is 5.76. The second kappa shape index (κ2) is 8.66. The number of benzene rings is 2. The molecule has 0 atom stereocenters. The fraction of sp³-hybridized carbons (Fsp3) is 0.235. The number of amides is 1. The Morgan fingerprint density at radius 3 is 2.50 bits per heavy atom. The summed E-state index contributed by atoms with van der Waals surface area (Å²) in [6, 6.07) is 14.0. The molecule has 3 nitrogen and oxygen atoms in total. The van der Waals surface area contributed by atoms with Gasteiger partial charge in [0.15, 0.2) is 0 Å². The summed E-state index contributed by atoms with van der Waals surface area (Å²) in [7, 11) is 0. The molecule has 0 radical (unpaired) electrons. The van der Waals surface area contributed by atoms with Crippen LogP contribution in [0.5, 0.6) is 0 Å². The van der Waals surface area contributed by atoms with Crippen molar-refractivity contribution in [1.29, 1.82) is 0 Å². The number of nitrogens with one attached hydrogen (secondary N) is 2. The summed E-state index contributed by atoms with van der Waals surface area (Å²) >= 11 is 3.39. The third-order valence-corrected chi connectivity index (χ3v) is 3.87. The Balaban J connectivity index is 1.63. The molecule has 2 aromatic rings. The van der Waals surface area contributed by atoms with Crippen molar-refractivity contribution in [2.24, 2.45) is 0 Å². The lowest BCUT2D eigenvalue weighted by Crippen LogP contribution is -2.23. The number of carbonyl (C=O) groups is 1. The van der Waals surface area contributed by atoms with E-state index in [0.29, 0.717) is 13.0 Å². The van der Waals surface area contributed by atoms with Crippen molar-refractivity contribution in [2.45, 2.75) is 12.8 Å². The zero-order chi connectivity index (χ0) is 15.8. The number of para-hydroxylation sites is 1. The van der Waals surface area contributed by atoms with Gasteiger partial charge in [-0.1, -0.05) is 24.3 Å². The highest BCUT2D eigenvalue weighted by atomic mass is 79.9. The first-order valence-corrected chi connectivity index (χ1v) is 7.94. The maximum absolute atomic E-state index is 12.8. The molecule has 5 heteroatoms. The zero-order valence-electron chi connectivity index (χ0n) is 12.1. The second-order valence-electron chi connectivity index (χ2n) is 4.90. The average Bonchev–Trinajstić information content (AvgIpc) is 2.51. The van der Waals surface area contributed by atoms with E-state index in [1.807, 2.05) is 24.3 Å². The summed E-state index contributed by atoms with van der Waals surface area (Å²) in [5.74, 6) is -0.248. The minimum atomic E-state index is -0.222. The van der Waals surface area contributed by atoms with E-state index in [4.69, 9.17) is 0 Å². The molecule has 22 heavy (non-hydrogen) atoms. The molecular weight excluding hydrogens is 347 g/mol. The Morgan fingerprint density at radius 1 is 1.05 bits per heavy atom. The summed E-state index contributed by atoms with van der Waals surface area (Å²) in [6.45, 7) is 1.37. The minimum Gasteiger partial charge on any atom is -0.325 e. The van der Waals surface area contributed by atoms with Crippen LogP contribution in [0.15, 0.2) is 53.0 Å². The van der Waals surface area contributed by atoms with Crippen LogP contribution in [0.4, 0.5) is 10.1 Å². The van der Waals surface area contributed by atoms with Crippen molar-refractivity contribution in [3.8, 4) is 0 Å². The fourth-order valence-corrected chi connectivity index (χ4v) is 2.37. The molecule has 0 spiro atoms. The van der Waals surface area contributed by atoms with Crippen LogP contribution in [0.2, 0.25) is 0 Å². The first-order valence-electron chi connectivity index (χ1n) is 7.15. The zero-order valence-corrected chi connectivity index (χ0v) is 13.7. The molecule has 0 aliphatic heterocycles. The van der Waals surface area contributed by atoms with Crippen LogP contribution < -0.4 is 10.6 Å². The molecule has 0 aromatic heterocycles. The smallest absolute Gasteiger partial charge is 0.225 e. The van der Waals surface area contributed by atoms with Crippen molar-refractivity contribution in [2.75, 3.05) is 18.4 Å². The quantitative estimate of drug-likeness (QED) is 0.734. The van der Waals surface area contributed by atoms with Gasteiger partial charge in [0.1, 0.15) is 5.82 Å². The van der Waals surface area contributed by atoms with Gasteiger partial charge in [0.25, 0.3) is 0 Å². The van der Waals surface area contributed by atoms with Gasteiger partial charge >= 0.3 is 0 Å². The average molecular weight is 365 g/mol. The van der Waals surface area contributed by atoms with E-state index < -0.39 is 0 Å². The van der Waals surface area contributed by atoms with Crippen LogP contribution in [-0.4, -0.2) is 19.0 Å². The Bertz CT molecular complexity index is 616. The van der Waals surface area contributed by atoms with Crippen molar-refractivity contribution in [3.05, 3.63) is 64.4 Å². The van der Waals surface area contributed by atoms with Gasteiger partial charge < -0.3 is 10.6 Å². The van der Waals surface area contributed by atoms with E-state index in [1.54, 1.807) is 12.1 Å². The number of hydrogen-bond donors (Lipinski definition) is 2. The summed E-state index contributed by atoms with van der Waals surface area (Å²) in [6.07, 6.45) is 1.22. The molecular formula is C17H18BrFN2O. The Kier molecular flexibility index (Phi) is 6.55. The van der Waals surface area contributed by atoms with Crippen LogP contribution in [0.25, 0.3) is 0 Å². The van der Waals surface area contributed by atoms with Crippen LogP contribution in [0.1, 0.15) is 12.0 Å². The van der Waals surface area contributed by atoms with Gasteiger partial charge in [-0.2, -0.15) is 0 Å². The maximum atomic E-state index is 12.8. The lowest BCUT2D eigenvalue weighted by atomic mass is 10.1. The Hall–Kier alpha value is -1.72. The van der Waals surface area contributed by atoms with Gasteiger partial charge in [0.2, 0.25) is 5.91 Å². The molecule has 2 rings (SSSR count). The fourth-order valence-electron chi connectivity index (χ4n) is 1.99. The number of halogens is 2. The van der Waals surface area contributed by atoms with E-state index in [9.17, 15) is 9.18 Å². The van der Waals surface area contributed by atoms with Crippen LogP contribution in [0, 0.1) is 5.82 Å². The molecule has 0 unspecified atom stereocenters. The van der Waals surface area contributed by atoms with Gasteiger partial charge in [0, 0.05) is 17.4 Å². The van der Waals surface area contributed by atoms with E-state index in [0.717, 1.165) is 28.7 Å². The van der Waals surface area contributed by atoms with Crippen LogP contribution in [0.3, 0.4) is 0 Å². The monoisotopic (exact) mass is 364 g/mol. The topological polar surface area (TPSA) is 41.1 Å². The summed E-state index contributed by atoms with van der Waals surface area (Å²) in [5.41, 5.74) is 1.85. The van der Waals surface area contributed by atoms with E-state index in [2.05, 4.69) is 26.6 Å². The Morgan fingerprint density at radius 2 is 1.77 bits per heavy atom. The van der Waals surface area contributed by atoms with Crippen LogP contribution >= 0.6 is 15.9 Å². The molecule has 0 aliphatic rings. The predicted molar refractivity (Wildman–Crippen MR) is 90.4 cm³/mol. The van der Waals surface area contributed by atoms with Crippen molar-refractivity contribution in [1.82, 2.24) is 5.32 Å². The van der Waals surface area contributed by atoms with E-state index in [1.165, 1.54) is 12.1 Å². The van der Waals surface area contributed by atoms with E-state index in [-0.39, 0.29) is 11.7 Å². The first-order chi connectivity index (χ1) is 10.6. The highest BCUT2D eigenvalue weighted by Gasteiger charge is 2.04. The molecule has 0 fully saturated rings. The molecule has 0 bridgehead atoms. The molecule has 0 heterocycles. The lowest BCUT2D eigenvalue weighted by Gasteiger charge is -2.08. The molecule has 1 amide bonds. The maximum Gasteiger partial charge on any atom is 0.225 e. The predicted octanol–water partition coefficient (Wildman–Crippen LogP) is 3.75. The van der Waals surface area contributed by atoms with Gasteiger partial charge in [-0.05, 0) is 58.7 Å².